The summed E-state index contributed by atoms with van der Waals surface area (Å²) in [6.07, 6.45) is 4.90. The Morgan fingerprint density at radius 2 is 1.58 bits per heavy atom. The fourth-order valence-electron chi connectivity index (χ4n) is 4.32. The van der Waals surface area contributed by atoms with Gasteiger partial charge < -0.3 is 24.6 Å². The van der Waals surface area contributed by atoms with Gasteiger partial charge in [-0.05, 0) is 62.5 Å². The molecule has 2 aromatic carbocycles. The Kier molecular flexibility index (Phi) is 12.3. The quantitative estimate of drug-likeness (QED) is 0.476. The van der Waals surface area contributed by atoms with E-state index in [-0.39, 0.29) is 11.8 Å². The molecule has 38 heavy (non-hydrogen) atoms. The highest BCUT2D eigenvalue weighted by Crippen LogP contribution is 2.28. The van der Waals surface area contributed by atoms with E-state index in [0.29, 0.717) is 6.54 Å². The Morgan fingerprint density at radius 3 is 2.13 bits per heavy atom. The number of hydrogen-bond acceptors (Lipinski definition) is 6. The Hall–Kier alpha value is -3.85. The van der Waals surface area contributed by atoms with Gasteiger partial charge in [0.15, 0.2) is 11.5 Å². The molecule has 1 amide bonds. The second-order valence-corrected chi connectivity index (χ2v) is 9.26. The number of hydrogen-bond donors (Lipinski definition) is 2. The summed E-state index contributed by atoms with van der Waals surface area (Å²) >= 11 is 0. The number of methoxy groups -OCH3 is 2. The number of likely N-dealkylation sites (tertiary alicyclic amines) is 1. The van der Waals surface area contributed by atoms with E-state index < -0.39 is 11.9 Å². The van der Waals surface area contributed by atoms with Crippen molar-refractivity contribution in [2.45, 2.75) is 26.2 Å². The van der Waals surface area contributed by atoms with E-state index in [1.807, 2.05) is 36.2 Å². The van der Waals surface area contributed by atoms with Crippen molar-refractivity contribution in [2.24, 2.45) is 5.92 Å². The topological polar surface area (TPSA) is 117 Å². The number of amides is 1. The highest BCUT2D eigenvalue weighted by Gasteiger charge is 2.27. The number of aliphatic carboxylic acids is 2. The zero-order valence-corrected chi connectivity index (χ0v) is 22.6. The minimum Gasteiger partial charge on any atom is -0.493 e. The molecule has 0 atom stereocenters. The van der Waals surface area contributed by atoms with Gasteiger partial charge in [0, 0.05) is 26.1 Å². The minimum absolute atomic E-state index is 0.125. The maximum atomic E-state index is 13.0. The molecule has 206 valence electrons. The third kappa shape index (κ3) is 9.89. The van der Waals surface area contributed by atoms with Crippen LogP contribution in [0.15, 0.2) is 54.1 Å². The Morgan fingerprint density at radius 1 is 0.974 bits per heavy atom. The highest BCUT2D eigenvalue weighted by atomic mass is 16.5. The van der Waals surface area contributed by atoms with Crippen molar-refractivity contribution in [3.8, 4) is 11.5 Å². The second-order valence-electron chi connectivity index (χ2n) is 9.26. The molecule has 0 bridgehead atoms. The normalized spacial score (nSPS) is 14.2. The number of benzene rings is 2. The molecule has 2 aromatic rings. The molecule has 1 aliphatic heterocycles. The standard InChI is InChI=1S/C27H36N2O3.C2H2O4/c1-21(18-22-8-6-5-7-9-22)20-29-16-13-24(14-17-29)27(30)28(2)15-12-23-10-11-25(31-3)26(19-23)32-4;3-1(4)2(5)6/h5-11,18-19,24H,12-17,20H2,1-4H3;(H,3,4)(H,5,6). The second kappa shape index (κ2) is 15.4. The van der Waals surface area contributed by atoms with E-state index in [0.717, 1.165) is 56.0 Å². The molecule has 0 aromatic heterocycles. The molecule has 0 spiro atoms. The van der Waals surface area contributed by atoms with E-state index in [9.17, 15) is 4.79 Å². The number of carbonyl (C=O) groups is 3. The summed E-state index contributed by atoms with van der Waals surface area (Å²) in [5.41, 5.74) is 3.73. The van der Waals surface area contributed by atoms with Crippen LogP contribution in [0.5, 0.6) is 11.5 Å². The van der Waals surface area contributed by atoms with Crippen LogP contribution in [-0.4, -0.2) is 85.3 Å². The van der Waals surface area contributed by atoms with Crippen molar-refractivity contribution in [3.63, 3.8) is 0 Å². The van der Waals surface area contributed by atoms with E-state index in [1.54, 1.807) is 14.2 Å². The zero-order valence-electron chi connectivity index (χ0n) is 22.6. The monoisotopic (exact) mass is 526 g/mol. The lowest BCUT2D eigenvalue weighted by molar-refractivity contribution is -0.159. The largest absolute Gasteiger partial charge is 0.493 e. The van der Waals surface area contributed by atoms with Crippen molar-refractivity contribution in [2.75, 3.05) is 47.4 Å². The average Bonchev–Trinajstić information content (AvgIpc) is 2.92. The van der Waals surface area contributed by atoms with Crippen molar-refractivity contribution >= 4 is 23.9 Å². The number of likely N-dealkylation sites (N-methyl/N-ethyl adjacent to an activating group) is 1. The van der Waals surface area contributed by atoms with Crippen LogP contribution >= 0.6 is 0 Å². The van der Waals surface area contributed by atoms with E-state index >= 15 is 0 Å². The van der Waals surface area contributed by atoms with Gasteiger partial charge in [0.05, 0.1) is 14.2 Å². The van der Waals surface area contributed by atoms with Crippen LogP contribution in [0.4, 0.5) is 0 Å². The number of carbonyl (C=O) groups excluding carboxylic acids is 1. The number of carboxylic acid groups (broad SMARTS) is 2. The van der Waals surface area contributed by atoms with Crippen LogP contribution in [0.1, 0.15) is 30.9 Å². The summed E-state index contributed by atoms with van der Waals surface area (Å²) in [5, 5.41) is 14.8. The van der Waals surface area contributed by atoms with Crippen molar-refractivity contribution in [3.05, 3.63) is 65.2 Å². The first-order valence-corrected chi connectivity index (χ1v) is 12.5. The fraction of sp³-hybridized carbons (Fsp3) is 0.414. The summed E-state index contributed by atoms with van der Waals surface area (Å²) < 4.78 is 10.7. The van der Waals surface area contributed by atoms with E-state index in [4.69, 9.17) is 29.3 Å². The summed E-state index contributed by atoms with van der Waals surface area (Å²) in [7, 11) is 5.20. The number of nitrogens with zero attached hydrogens (tertiary/aromatic N) is 2. The molecule has 0 unspecified atom stereocenters. The molecule has 1 saturated heterocycles. The van der Waals surface area contributed by atoms with E-state index in [1.165, 1.54) is 11.1 Å². The van der Waals surface area contributed by atoms with Crippen LogP contribution in [-0.2, 0) is 20.8 Å². The maximum absolute atomic E-state index is 13.0. The van der Waals surface area contributed by atoms with Crippen molar-refractivity contribution in [1.29, 1.82) is 0 Å². The van der Waals surface area contributed by atoms with Gasteiger partial charge >= 0.3 is 11.9 Å². The van der Waals surface area contributed by atoms with Gasteiger partial charge in [-0.15, -0.1) is 0 Å². The maximum Gasteiger partial charge on any atom is 0.414 e. The minimum atomic E-state index is -1.82. The fourth-order valence-corrected chi connectivity index (χ4v) is 4.32. The molecule has 1 aliphatic rings. The van der Waals surface area contributed by atoms with Gasteiger partial charge in [0.1, 0.15) is 0 Å². The summed E-state index contributed by atoms with van der Waals surface area (Å²) in [4.78, 5) is 35.5. The third-order valence-electron chi connectivity index (χ3n) is 6.37. The first-order valence-electron chi connectivity index (χ1n) is 12.5. The number of rotatable bonds is 9. The Balaban J connectivity index is 0.000000757. The highest BCUT2D eigenvalue weighted by molar-refractivity contribution is 6.27. The number of carboxylic acids is 2. The van der Waals surface area contributed by atoms with Crippen LogP contribution in [0, 0.1) is 5.92 Å². The van der Waals surface area contributed by atoms with Crippen LogP contribution < -0.4 is 9.47 Å². The summed E-state index contributed by atoms with van der Waals surface area (Å²) in [5.74, 6) is -1.81. The molecule has 1 fully saturated rings. The molecule has 9 heteroatoms. The van der Waals surface area contributed by atoms with E-state index in [2.05, 4.69) is 42.2 Å². The molecule has 3 rings (SSSR count). The molecule has 0 aliphatic carbocycles. The molecule has 9 nitrogen and oxygen atoms in total. The lowest BCUT2D eigenvalue weighted by atomic mass is 9.95. The predicted molar refractivity (Wildman–Crippen MR) is 145 cm³/mol. The number of piperidine rings is 1. The first-order chi connectivity index (χ1) is 18.1. The van der Waals surface area contributed by atoms with Crippen LogP contribution in [0.25, 0.3) is 6.08 Å². The van der Waals surface area contributed by atoms with Crippen LogP contribution in [0.2, 0.25) is 0 Å². The molecule has 1 heterocycles. The lowest BCUT2D eigenvalue weighted by Crippen LogP contribution is -2.42. The van der Waals surface area contributed by atoms with Gasteiger partial charge in [-0.2, -0.15) is 0 Å². The van der Waals surface area contributed by atoms with Gasteiger partial charge in [-0.1, -0.05) is 48.0 Å². The van der Waals surface area contributed by atoms with Crippen molar-refractivity contribution in [1.82, 2.24) is 9.80 Å². The SMILES string of the molecule is COc1ccc(CCN(C)C(=O)C2CCN(CC(C)=Cc3ccccc3)CC2)cc1OC.O=C(O)C(=O)O. The predicted octanol–water partition coefficient (Wildman–Crippen LogP) is 3.68. The first kappa shape index (κ1) is 30.4. The molecular formula is C29H38N2O7. The average molecular weight is 527 g/mol. The number of ether oxygens (including phenoxy) is 2. The smallest absolute Gasteiger partial charge is 0.414 e. The van der Waals surface area contributed by atoms with Gasteiger partial charge in [-0.3, -0.25) is 9.69 Å². The molecule has 0 saturated carbocycles. The molecular weight excluding hydrogens is 488 g/mol. The summed E-state index contributed by atoms with van der Waals surface area (Å²) in [6, 6.07) is 16.4. The molecule has 2 N–H and O–H groups in total. The van der Waals surface area contributed by atoms with Crippen molar-refractivity contribution < 1.29 is 34.1 Å². The Labute approximate surface area is 224 Å². The molecule has 0 radical (unpaired) electrons. The summed E-state index contributed by atoms with van der Waals surface area (Å²) in [6.45, 7) is 5.80. The third-order valence-corrected chi connectivity index (χ3v) is 6.37. The Bertz CT molecular complexity index is 1080. The van der Waals surface area contributed by atoms with Crippen LogP contribution in [0.3, 0.4) is 0 Å². The lowest BCUT2D eigenvalue weighted by Gasteiger charge is -2.33. The van der Waals surface area contributed by atoms with Gasteiger partial charge in [-0.25, -0.2) is 9.59 Å². The van der Waals surface area contributed by atoms with Gasteiger partial charge in [0.25, 0.3) is 0 Å². The van der Waals surface area contributed by atoms with Gasteiger partial charge in [0.2, 0.25) is 5.91 Å². The zero-order chi connectivity index (χ0) is 28.1.